The maximum Gasteiger partial charge on any atom is 0.0959 e. The number of nitrogens with zero attached hydrogens (tertiary/aromatic N) is 1. The number of rotatable bonds is 2. The van der Waals surface area contributed by atoms with Gasteiger partial charge in [0.2, 0.25) is 0 Å². The molecule has 0 amide bonds. The predicted octanol–water partition coefficient (Wildman–Crippen LogP) is 3.43. The molecule has 2 saturated carbocycles. The van der Waals surface area contributed by atoms with E-state index in [2.05, 4.69) is 5.38 Å². The van der Waals surface area contributed by atoms with Crippen molar-refractivity contribution in [2.75, 3.05) is 0 Å². The fraction of sp³-hybridized carbons (Fsp3) is 0.769. The van der Waals surface area contributed by atoms with E-state index in [-0.39, 0.29) is 6.10 Å². The Morgan fingerprint density at radius 2 is 1.81 bits per heavy atom. The van der Waals surface area contributed by atoms with Gasteiger partial charge in [-0.25, -0.2) is 4.98 Å². The number of aromatic nitrogens is 1. The number of aliphatic hydroxyl groups is 1. The molecular weight excluding hydrogens is 218 g/mol. The van der Waals surface area contributed by atoms with E-state index >= 15 is 0 Å². The van der Waals surface area contributed by atoms with E-state index in [4.69, 9.17) is 4.98 Å². The normalized spacial score (nSPS) is 31.3. The second-order valence-corrected chi connectivity index (χ2v) is 6.13. The van der Waals surface area contributed by atoms with Crippen molar-refractivity contribution >= 4 is 11.3 Å². The zero-order chi connectivity index (χ0) is 11.0. The minimum absolute atomic E-state index is 0.0546. The Morgan fingerprint density at radius 1 is 1.06 bits per heavy atom. The van der Waals surface area contributed by atoms with Crippen molar-refractivity contribution < 1.29 is 5.11 Å². The Bertz CT molecular complexity index is 351. The number of thiazole rings is 1. The summed E-state index contributed by atoms with van der Waals surface area (Å²) < 4.78 is 0. The van der Waals surface area contributed by atoms with Crippen LogP contribution in [0.2, 0.25) is 0 Å². The average molecular weight is 237 g/mol. The van der Waals surface area contributed by atoms with E-state index in [9.17, 15) is 5.11 Å². The molecule has 0 aromatic carbocycles. The molecule has 0 radical (unpaired) electrons. The molecule has 1 aromatic rings. The topological polar surface area (TPSA) is 33.1 Å². The van der Waals surface area contributed by atoms with Gasteiger partial charge in [-0.15, -0.1) is 11.3 Å². The van der Waals surface area contributed by atoms with Gasteiger partial charge in [0.1, 0.15) is 0 Å². The maximum atomic E-state index is 9.50. The monoisotopic (exact) mass is 237 g/mol. The molecule has 16 heavy (non-hydrogen) atoms. The SMILES string of the molecule is OC1CCC(c2csc(C3CCC3)n2)CC1. The summed E-state index contributed by atoms with van der Waals surface area (Å²) in [6.07, 6.45) is 8.18. The molecule has 88 valence electrons. The summed E-state index contributed by atoms with van der Waals surface area (Å²) in [6, 6.07) is 0. The van der Waals surface area contributed by atoms with Crippen LogP contribution in [0.15, 0.2) is 5.38 Å². The minimum atomic E-state index is -0.0546. The predicted molar refractivity (Wildman–Crippen MR) is 65.9 cm³/mol. The fourth-order valence-electron chi connectivity index (χ4n) is 2.70. The van der Waals surface area contributed by atoms with Crippen molar-refractivity contribution in [1.82, 2.24) is 4.98 Å². The number of hydrogen-bond donors (Lipinski definition) is 1. The second-order valence-electron chi connectivity index (χ2n) is 5.24. The van der Waals surface area contributed by atoms with Gasteiger partial charge < -0.3 is 5.11 Å². The van der Waals surface area contributed by atoms with Gasteiger partial charge in [0.05, 0.1) is 16.8 Å². The average Bonchev–Trinajstić information content (AvgIpc) is 2.65. The smallest absolute Gasteiger partial charge is 0.0959 e. The standard InChI is InChI=1S/C13H19NOS/c15-11-6-4-9(5-7-11)12-8-16-13(14-12)10-2-1-3-10/h8-11,15H,1-7H2. The Hall–Kier alpha value is -0.410. The molecule has 1 N–H and O–H groups in total. The lowest BCUT2D eigenvalue weighted by molar-refractivity contribution is 0.122. The van der Waals surface area contributed by atoms with Crippen LogP contribution in [0, 0.1) is 0 Å². The van der Waals surface area contributed by atoms with E-state index in [1.165, 1.54) is 30.0 Å². The van der Waals surface area contributed by atoms with Gasteiger partial charge in [-0.2, -0.15) is 0 Å². The summed E-state index contributed by atoms with van der Waals surface area (Å²) in [4.78, 5) is 4.82. The lowest BCUT2D eigenvalue weighted by Crippen LogP contribution is -2.17. The molecule has 0 atom stereocenters. The largest absolute Gasteiger partial charge is 0.393 e. The van der Waals surface area contributed by atoms with E-state index in [0.29, 0.717) is 5.92 Å². The van der Waals surface area contributed by atoms with Crippen molar-refractivity contribution in [3.05, 3.63) is 16.1 Å². The Morgan fingerprint density at radius 3 is 2.44 bits per heavy atom. The molecule has 2 nitrogen and oxygen atoms in total. The van der Waals surface area contributed by atoms with Crippen LogP contribution in [0.4, 0.5) is 0 Å². The molecule has 2 fully saturated rings. The molecule has 0 bridgehead atoms. The van der Waals surface area contributed by atoms with Gasteiger partial charge in [-0.1, -0.05) is 6.42 Å². The van der Waals surface area contributed by atoms with Crippen molar-refractivity contribution in [2.24, 2.45) is 0 Å². The van der Waals surface area contributed by atoms with Gasteiger partial charge in [0.25, 0.3) is 0 Å². The third kappa shape index (κ3) is 2.03. The summed E-state index contributed by atoms with van der Waals surface area (Å²) in [5.74, 6) is 1.39. The highest BCUT2D eigenvalue weighted by Gasteiger charge is 2.26. The van der Waals surface area contributed by atoms with Crippen molar-refractivity contribution in [1.29, 1.82) is 0 Å². The zero-order valence-electron chi connectivity index (χ0n) is 9.56. The van der Waals surface area contributed by atoms with Crippen LogP contribution in [-0.2, 0) is 0 Å². The van der Waals surface area contributed by atoms with E-state index < -0.39 is 0 Å². The first-order chi connectivity index (χ1) is 7.83. The van der Waals surface area contributed by atoms with Crippen LogP contribution in [-0.4, -0.2) is 16.2 Å². The van der Waals surface area contributed by atoms with Crippen LogP contribution < -0.4 is 0 Å². The Labute approximate surface area is 101 Å². The summed E-state index contributed by atoms with van der Waals surface area (Å²) in [7, 11) is 0. The molecule has 1 aromatic heterocycles. The van der Waals surface area contributed by atoms with Crippen LogP contribution in [0.1, 0.15) is 67.5 Å². The third-order valence-corrected chi connectivity index (χ3v) is 5.13. The molecule has 1 heterocycles. The Balaban J connectivity index is 1.67. The quantitative estimate of drug-likeness (QED) is 0.855. The van der Waals surface area contributed by atoms with Crippen LogP contribution in [0.5, 0.6) is 0 Å². The molecule has 3 heteroatoms. The van der Waals surface area contributed by atoms with Gasteiger partial charge in [0.15, 0.2) is 0 Å². The first-order valence-electron chi connectivity index (χ1n) is 6.46. The van der Waals surface area contributed by atoms with Gasteiger partial charge >= 0.3 is 0 Å². The molecule has 0 spiro atoms. The molecule has 0 aliphatic heterocycles. The molecule has 2 aliphatic rings. The second kappa shape index (κ2) is 4.46. The lowest BCUT2D eigenvalue weighted by Gasteiger charge is -2.25. The van der Waals surface area contributed by atoms with Crippen molar-refractivity contribution in [3.63, 3.8) is 0 Å². The van der Waals surface area contributed by atoms with Gasteiger partial charge in [0, 0.05) is 17.2 Å². The Kier molecular flexibility index (Phi) is 2.99. The highest BCUT2D eigenvalue weighted by Crippen LogP contribution is 2.40. The summed E-state index contributed by atoms with van der Waals surface area (Å²) in [6.45, 7) is 0. The highest BCUT2D eigenvalue weighted by molar-refractivity contribution is 7.09. The molecular formula is C13H19NOS. The minimum Gasteiger partial charge on any atom is -0.393 e. The van der Waals surface area contributed by atoms with E-state index in [0.717, 1.165) is 31.6 Å². The van der Waals surface area contributed by atoms with Crippen LogP contribution in [0.25, 0.3) is 0 Å². The lowest BCUT2D eigenvalue weighted by atomic mass is 9.85. The van der Waals surface area contributed by atoms with Crippen molar-refractivity contribution in [3.8, 4) is 0 Å². The maximum absolute atomic E-state index is 9.50. The third-order valence-electron chi connectivity index (χ3n) is 4.11. The fourth-order valence-corrected chi connectivity index (χ4v) is 3.78. The van der Waals surface area contributed by atoms with E-state index in [1.807, 2.05) is 11.3 Å². The molecule has 3 rings (SSSR count). The van der Waals surface area contributed by atoms with Crippen LogP contribution in [0.3, 0.4) is 0 Å². The molecule has 0 saturated heterocycles. The number of aliphatic hydroxyl groups excluding tert-OH is 1. The van der Waals surface area contributed by atoms with Crippen molar-refractivity contribution in [2.45, 2.75) is 62.9 Å². The molecule has 0 unspecified atom stereocenters. The highest BCUT2D eigenvalue weighted by atomic mass is 32.1. The summed E-state index contributed by atoms with van der Waals surface area (Å²) >= 11 is 1.85. The summed E-state index contributed by atoms with van der Waals surface area (Å²) in [5.41, 5.74) is 1.30. The van der Waals surface area contributed by atoms with E-state index in [1.54, 1.807) is 0 Å². The number of hydrogen-bond acceptors (Lipinski definition) is 3. The van der Waals surface area contributed by atoms with Gasteiger partial charge in [-0.3, -0.25) is 0 Å². The van der Waals surface area contributed by atoms with Crippen LogP contribution >= 0.6 is 11.3 Å². The first kappa shape index (κ1) is 10.7. The van der Waals surface area contributed by atoms with Gasteiger partial charge in [-0.05, 0) is 38.5 Å². The molecule has 2 aliphatic carbocycles. The first-order valence-corrected chi connectivity index (χ1v) is 7.34. The zero-order valence-corrected chi connectivity index (χ0v) is 10.4. The summed E-state index contributed by atoms with van der Waals surface area (Å²) in [5, 5.41) is 13.1.